The molecule has 1 aromatic rings. The van der Waals surface area contributed by atoms with Crippen LogP contribution >= 0.6 is 0 Å². The summed E-state index contributed by atoms with van der Waals surface area (Å²) in [5.74, 6) is -7.60. The van der Waals surface area contributed by atoms with E-state index in [1.807, 2.05) is 0 Å². The SMILES string of the molecule is [O-][S+](CCn1nc(C(F)(F)F)c2c1CCC(F)(F)[C@H]2O)C(F)F. The van der Waals surface area contributed by atoms with E-state index in [9.17, 15) is 40.4 Å². The monoisotopic (exact) mass is 368 g/mol. The largest absolute Gasteiger partial charge is 0.612 e. The molecule has 23 heavy (non-hydrogen) atoms. The number of nitrogens with zero attached hydrogens (tertiary/aromatic N) is 2. The zero-order valence-corrected chi connectivity index (χ0v) is 12.1. The Bertz CT molecular complexity index is 575. The number of aliphatic hydroxyl groups excluding tert-OH is 1. The van der Waals surface area contributed by atoms with E-state index in [1.165, 1.54) is 0 Å². The molecule has 0 saturated heterocycles. The number of aryl methyl sites for hydroxylation is 1. The van der Waals surface area contributed by atoms with E-state index in [4.69, 9.17) is 0 Å². The Balaban J connectivity index is 2.39. The van der Waals surface area contributed by atoms with Gasteiger partial charge in [-0.1, -0.05) is 0 Å². The van der Waals surface area contributed by atoms with Gasteiger partial charge in [0.15, 0.2) is 5.69 Å². The van der Waals surface area contributed by atoms with Crippen LogP contribution < -0.4 is 0 Å². The van der Waals surface area contributed by atoms with Gasteiger partial charge in [-0.05, 0) is 6.42 Å². The molecule has 12 heteroatoms. The van der Waals surface area contributed by atoms with Crippen molar-refractivity contribution in [1.82, 2.24) is 9.78 Å². The minimum atomic E-state index is -5.09. The first-order valence-electron chi connectivity index (χ1n) is 6.33. The van der Waals surface area contributed by atoms with Gasteiger partial charge >= 0.3 is 11.9 Å². The molecule has 2 rings (SSSR count). The topological polar surface area (TPSA) is 61.1 Å². The number of alkyl halides is 7. The number of hydrogen-bond acceptors (Lipinski definition) is 3. The molecule has 0 aromatic carbocycles. The zero-order chi connectivity index (χ0) is 17.6. The molecular weight excluding hydrogens is 357 g/mol. The summed E-state index contributed by atoms with van der Waals surface area (Å²) in [6.45, 7) is -0.562. The number of aliphatic hydroxyl groups is 1. The molecule has 0 bridgehead atoms. The van der Waals surface area contributed by atoms with Crippen LogP contribution in [0.15, 0.2) is 0 Å². The maximum atomic E-state index is 13.5. The molecule has 0 radical (unpaired) electrons. The molecule has 4 nitrogen and oxygen atoms in total. The van der Waals surface area contributed by atoms with Gasteiger partial charge in [-0.2, -0.15) is 27.1 Å². The normalized spacial score (nSPS) is 22.3. The van der Waals surface area contributed by atoms with Gasteiger partial charge in [-0.15, -0.1) is 0 Å². The van der Waals surface area contributed by atoms with Crippen molar-refractivity contribution < 1.29 is 40.4 Å². The first kappa shape index (κ1) is 18.3. The minimum Gasteiger partial charge on any atom is -0.612 e. The molecule has 0 fully saturated rings. The van der Waals surface area contributed by atoms with Crippen molar-refractivity contribution in [2.45, 2.75) is 43.3 Å². The summed E-state index contributed by atoms with van der Waals surface area (Å²) in [4.78, 5) is 0. The molecule has 0 saturated carbocycles. The second-order valence-corrected chi connectivity index (χ2v) is 6.47. The Morgan fingerprint density at radius 2 is 2.00 bits per heavy atom. The van der Waals surface area contributed by atoms with Crippen molar-refractivity contribution in [3.63, 3.8) is 0 Å². The number of halogens is 7. The van der Waals surface area contributed by atoms with Crippen LogP contribution in [0.5, 0.6) is 0 Å². The lowest BCUT2D eigenvalue weighted by Crippen LogP contribution is -2.33. The van der Waals surface area contributed by atoms with Crippen LogP contribution in [-0.4, -0.2) is 36.9 Å². The van der Waals surface area contributed by atoms with Gasteiger partial charge in [0.25, 0.3) is 5.92 Å². The number of fused-ring (bicyclic) bond motifs is 1. The highest BCUT2D eigenvalue weighted by Gasteiger charge is 2.51. The Hall–Kier alpha value is -1.01. The van der Waals surface area contributed by atoms with Crippen molar-refractivity contribution in [2.75, 3.05) is 5.75 Å². The fourth-order valence-electron chi connectivity index (χ4n) is 2.35. The van der Waals surface area contributed by atoms with E-state index in [1.54, 1.807) is 0 Å². The summed E-state index contributed by atoms with van der Waals surface area (Å²) in [5, 5.41) is 12.7. The van der Waals surface area contributed by atoms with E-state index in [-0.39, 0.29) is 5.69 Å². The van der Waals surface area contributed by atoms with Gasteiger partial charge < -0.3 is 9.66 Å². The molecule has 1 aromatic heterocycles. The fourth-order valence-corrected chi connectivity index (χ4v) is 2.89. The van der Waals surface area contributed by atoms with Gasteiger partial charge in [0.1, 0.15) is 11.9 Å². The van der Waals surface area contributed by atoms with E-state index in [0.29, 0.717) is 4.68 Å². The first-order valence-corrected chi connectivity index (χ1v) is 7.71. The molecule has 2 atom stereocenters. The van der Waals surface area contributed by atoms with Gasteiger partial charge in [0.2, 0.25) is 0 Å². The number of aromatic nitrogens is 2. The second kappa shape index (κ2) is 6.13. The average molecular weight is 368 g/mol. The average Bonchev–Trinajstić information content (AvgIpc) is 2.79. The molecular formula is C11H11F7N2O2S. The summed E-state index contributed by atoms with van der Waals surface area (Å²) in [7, 11) is 0. The predicted octanol–water partition coefficient (Wildman–Crippen LogP) is 2.49. The van der Waals surface area contributed by atoms with Gasteiger partial charge in [-0.25, -0.2) is 8.78 Å². The van der Waals surface area contributed by atoms with Gasteiger partial charge in [0, 0.05) is 28.9 Å². The maximum Gasteiger partial charge on any atom is 0.435 e. The molecule has 1 aliphatic carbocycles. The molecule has 1 heterocycles. The van der Waals surface area contributed by atoms with Crippen LogP contribution in [0.4, 0.5) is 30.7 Å². The van der Waals surface area contributed by atoms with Crippen molar-refractivity contribution in [2.24, 2.45) is 0 Å². The Labute approximate surface area is 128 Å². The first-order chi connectivity index (χ1) is 10.4. The molecule has 132 valence electrons. The maximum absolute atomic E-state index is 13.5. The summed E-state index contributed by atoms with van der Waals surface area (Å²) >= 11 is -2.60. The summed E-state index contributed by atoms with van der Waals surface area (Å²) in [6.07, 6.45) is -9.19. The van der Waals surface area contributed by atoms with Crippen LogP contribution in [0.3, 0.4) is 0 Å². The van der Waals surface area contributed by atoms with Crippen LogP contribution in [0.25, 0.3) is 0 Å². The molecule has 0 spiro atoms. The van der Waals surface area contributed by atoms with Crippen molar-refractivity contribution in [3.05, 3.63) is 17.0 Å². The highest BCUT2D eigenvalue weighted by molar-refractivity contribution is 7.91. The van der Waals surface area contributed by atoms with Gasteiger partial charge in [0.05, 0.1) is 6.54 Å². The third kappa shape index (κ3) is 3.58. The van der Waals surface area contributed by atoms with Crippen LogP contribution in [-0.2, 0) is 30.3 Å². The van der Waals surface area contributed by atoms with Crippen molar-refractivity contribution in [1.29, 1.82) is 0 Å². The lowest BCUT2D eigenvalue weighted by molar-refractivity contribution is -0.150. The molecule has 0 amide bonds. The predicted molar refractivity (Wildman–Crippen MR) is 64.5 cm³/mol. The second-order valence-electron chi connectivity index (χ2n) is 4.94. The Morgan fingerprint density at radius 3 is 2.52 bits per heavy atom. The lowest BCUT2D eigenvalue weighted by atomic mass is 9.89. The molecule has 1 unspecified atom stereocenters. The zero-order valence-electron chi connectivity index (χ0n) is 11.3. The lowest BCUT2D eigenvalue weighted by Gasteiger charge is -2.28. The fraction of sp³-hybridized carbons (Fsp3) is 0.727. The van der Waals surface area contributed by atoms with Crippen molar-refractivity contribution in [3.8, 4) is 0 Å². The van der Waals surface area contributed by atoms with E-state index >= 15 is 0 Å². The third-order valence-electron chi connectivity index (χ3n) is 3.44. The van der Waals surface area contributed by atoms with Gasteiger partial charge in [-0.3, -0.25) is 4.68 Å². The van der Waals surface area contributed by atoms with Crippen LogP contribution in [0, 0.1) is 0 Å². The van der Waals surface area contributed by atoms with E-state index in [0.717, 1.165) is 0 Å². The Kier molecular flexibility index (Phi) is 4.89. The van der Waals surface area contributed by atoms with E-state index in [2.05, 4.69) is 5.10 Å². The third-order valence-corrected chi connectivity index (χ3v) is 4.42. The standard InChI is InChI=1S/C11H11F7N2O2S/c12-9(13)23(22)4-3-20-5-1-2-10(14,15)8(21)6(5)7(19-20)11(16,17)18/h8-9,21H,1-4H2/t8-,23?/m0/s1. The quantitative estimate of drug-likeness (QED) is 0.656. The highest BCUT2D eigenvalue weighted by atomic mass is 32.2. The summed E-state index contributed by atoms with van der Waals surface area (Å²) in [5.41, 5.74) is -3.03. The summed E-state index contributed by atoms with van der Waals surface area (Å²) in [6, 6.07) is 0. The summed E-state index contributed by atoms with van der Waals surface area (Å²) < 4.78 is 102. The van der Waals surface area contributed by atoms with E-state index < -0.39 is 71.5 Å². The Morgan fingerprint density at radius 1 is 1.39 bits per heavy atom. The number of hydrogen-bond donors (Lipinski definition) is 1. The highest BCUT2D eigenvalue weighted by Crippen LogP contribution is 2.46. The molecule has 1 N–H and O–H groups in total. The molecule has 0 aliphatic heterocycles. The smallest absolute Gasteiger partial charge is 0.435 e. The van der Waals surface area contributed by atoms with Crippen LogP contribution in [0.2, 0.25) is 0 Å². The van der Waals surface area contributed by atoms with Crippen molar-refractivity contribution >= 4 is 11.2 Å². The van der Waals surface area contributed by atoms with Crippen LogP contribution in [0.1, 0.15) is 29.5 Å². The number of rotatable bonds is 4. The minimum absolute atomic E-state index is 0.304. The molecule has 1 aliphatic rings.